The highest BCUT2D eigenvalue weighted by Gasteiger charge is 2.24. The Kier molecular flexibility index (Phi) is 4.16. The van der Waals surface area contributed by atoms with Gasteiger partial charge >= 0.3 is 5.69 Å². The Morgan fingerprint density at radius 2 is 2.16 bits per heavy atom. The van der Waals surface area contributed by atoms with Crippen LogP contribution in [0.15, 0.2) is 12.1 Å². The zero-order valence-corrected chi connectivity index (χ0v) is 10.7. The number of anilines is 1. The molecule has 0 radical (unpaired) electrons. The van der Waals surface area contributed by atoms with Gasteiger partial charge in [-0.3, -0.25) is 10.1 Å². The van der Waals surface area contributed by atoms with Gasteiger partial charge in [0.25, 0.3) is 0 Å². The second kappa shape index (κ2) is 5.83. The van der Waals surface area contributed by atoms with Gasteiger partial charge in [0.15, 0.2) is 0 Å². The topological polar surface area (TPSA) is 101 Å². The molecular formula is C12H17N3O4. The first-order valence-corrected chi connectivity index (χ1v) is 6.20. The zero-order chi connectivity index (χ0) is 13.8. The molecule has 0 aromatic carbocycles. The van der Waals surface area contributed by atoms with Gasteiger partial charge in [0, 0.05) is 25.7 Å². The summed E-state index contributed by atoms with van der Waals surface area (Å²) in [5.74, 6) is 0.200. The molecule has 2 unspecified atom stereocenters. The minimum Gasteiger partial charge on any atom is -0.474 e. The molecule has 1 heterocycles. The van der Waals surface area contributed by atoms with Crippen molar-refractivity contribution in [2.75, 3.05) is 12.8 Å². The summed E-state index contributed by atoms with van der Waals surface area (Å²) in [5.41, 5.74) is 5.32. The van der Waals surface area contributed by atoms with Gasteiger partial charge in [0.2, 0.25) is 11.7 Å². The van der Waals surface area contributed by atoms with E-state index in [1.165, 1.54) is 12.1 Å². The van der Waals surface area contributed by atoms with Crippen LogP contribution in [0.1, 0.15) is 25.7 Å². The molecule has 1 aromatic rings. The lowest BCUT2D eigenvalue weighted by Gasteiger charge is -2.28. The molecule has 19 heavy (non-hydrogen) atoms. The SMILES string of the molecule is COC1CCCC(Oc2ccc([N+](=O)[O-])c(N)n2)C1. The molecule has 1 saturated carbocycles. The summed E-state index contributed by atoms with van der Waals surface area (Å²) in [6.07, 6.45) is 4.02. The molecule has 0 amide bonds. The lowest BCUT2D eigenvalue weighted by Crippen LogP contribution is -2.29. The number of aromatic nitrogens is 1. The van der Waals surface area contributed by atoms with Crippen molar-refractivity contribution < 1.29 is 14.4 Å². The smallest absolute Gasteiger partial charge is 0.311 e. The van der Waals surface area contributed by atoms with Crippen LogP contribution in [0.5, 0.6) is 5.88 Å². The zero-order valence-electron chi connectivity index (χ0n) is 10.7. The van der Waals surface area contributed by atoms with Crippen LogP contribution >= 0.6 is 0 Å². The number of hydrogen-bond acceptors (Lipinski definition) is 6. The highest BCUT2D eigenvalue weighted by molar-refractivity contribution is 5.53. The summed E-state index contributed by atoms with van der Waals surface area (Å²) in [5, 5.41) is 10.6. The number of methoxy groups -OCH3 is 1. The predicted molar refractivity (Wildman–Crippen MR) is 69.0 cm³/mol. The van der Waals surface area contributed by atoms with Crippen molar-refractivity contribution >= 4 is 11.5 Å². The number of nitro groups is 1. The maximum atomic E-state index is 10.6. The number of rotatable bonds is 4. The number of nitrogens with zero attached hydrogens (tertiary/aromatic N) is 2. The highest BCUT2D eigenvalue weighted by atomic mass is 16.6. The third-order valence-electron chi connectivity index (χ3n) is 3.27. The average molecular weight is 267 g/mol. The van der Waals surface area contributed by atoms with E-state index in [2.05, 4.69) is 4.98 Å². The van der Waals surface area contributed by atoms with E-state index >= 15 is 0 Å². The van der Waals surface area contributed by atoms with Crippen molar-refractivity contribution in [1.29, 1.82) is 0 Å². The molecule has 104 valence electrons. The largest absolute Gasteiger partial charge is 0.474 e. The number of hydrogen-bond donors (Lipinski definition) is 1. The van der Waals surface area contributed by atoms with E-state index in [0.717, 1.165) is 25.7 Å². The molecule has 0 aliphatic heterocycles. The van der Waals surface area contributed by atoms with Crippen LogP contribution in [0.4, 0.5) is 11.5 Å². The average Bonchev–Trinajstić information content (AvgIpc) is 2.38. The van der Waals surface area contributed by atoms with Crippen LogP contribution in [0.2, 0.25) is 0 Å². The molecule has 1 aromatic heterocycles. The fraction of sp³-hybridized carbons (Fsp3) is 0.583. The highest BCUT2D eigenvalue weighted by Crippen LogP contribution is 2.27. The maximum absolute atomic E-state index is 10.6. The van der Waals surface area contributed by atoms with E-state index in [0.29, 0.717) is 5.88 Å². The normalized spacial score (nSPS) is 23.0. The van der Waals surface area contributed by atoms with Crippen molar-refractivity contribution in [3.63, 3.8) is 0 Å². The Bertz CT molecular complexity index is 466. The molecule has 0 saturated heterocycles. The molecule has 2 rings (SSSR count). The second-order valence-electron chi connectivity index (χ2n) is 4.58. The van der Waals surface area contributed by atoms with Crippen LogP contribution < -0.4 is 10.5 Å². The number of nitrogens with two attached hydrogens (primary N) is 1. The van der Waals surface area contributed by atoms with Crippen molar-refractivity contribution in [2.45, 2.75) is 37.9 Å². The molecule has 1 fully saturated rings. The number of ether oxygens (including phenoxy) is 2. The lowest BCUT2D eigenvalue weighted by atomic mass is 9.95. The molecule has 0 spiro atoms. The fourth-order valence-electron chi connectivity index (χ4n) is 2.26. The Hall–Kier alpha value is -1.89. The van der Waals surface area contributed by atoms with Crippen molar-refractivity contribution in [3.8, 4) is 5.88 Å². The van der Waals surface area contributed by atoms with E-state index in [9.17, 15) is 10.1 Å². The lowest BCUT2D eigenvalue weighted by molar-refractivity contribution is -0.384. The summed E-state index contributed by atoms with van der Waals surface area (Å²) < 4.78 is 11.0. The first-order valence-electron chi connectivity index (χ1n) is 6.20. The van der Waals surface area contributed by atoms with Crippen LogP contribution in [0.25, 0.3) is 0 Å². The molecule has 2 atom stereocenters. The van der Waals surface area contributed by atoms with Crippen molar-refractivity contribution in [2.24, 2.45) is 0 Å². The molecular weight excluding hydrogens is 250 g/mol. The van der Waals surface area contributed by atoms with E-state index in [-0.39, 0.29) is 23.7 Å². The Morgan fingerprint density at radius 3 is 2.79 bits per heavy atom. The third kappa shape index (κ3) is 3.31. The molecule has 7 heteroatoms. The van der Waals surface area contributed by atoms with Gasteiger partial charge in [-0.2, -0.15) is 4.98 Å². The Morgan fingerprint density at radius 1 is 1.42 bits per heavy atom. The minimum atomic E-state index is -0.562. The first kappa shape index (κ1) is 13.5. The summed E-state index contributed by atoms with van der Waals surface area (Å²) >= 11 is 0. The summed E-state index contributed by atoms with van der Waals surface area (Å²) in [4.78, 5) is 14.0. The monoisotopic (exact) mass is 267 g/mol. The fourth-order valence-corrected chi connectivity index (χ4v) is 2.26. The van der Waals surface area contributed by atoms with E-state index < -0.39 is 4.92 Å². The van der Waals surface area contributed by atoms with Gasteiger partial charge in [-0.15, -0.1) is 0 Å². The summed E-state index contributed by atoms with van der Waals surface area (Å²) in [6, 6.07) is 2.79. The summed E-state index contributed by atoms with van der Waals surface area (Å²) in [7, 11) is 1.69. The number of nitrogen functional groups attached to an aromatic ring is 1. The Balaban J connectivity index is 2.03. The minimum absolute atomic E-state index is 0.0204. The Labute approximate surface area is 110 Å². The van der Waals surface area contributed by atoms with Crippen LogP contribution in [-0.2, 0) is 4.74 Å². The van der Waals surface area contributed by atoms with Gasteiger partial charge in [-0.05, 0) is 19.3 Å². The van der Waals surface area contributed by atoms with Crippen molar-refractivity contribution in [1.82, 2.24) is 4.98 Å². The molecule has 1 aliphatic carbocycles. The van der Waals surface area contributed by atoms with Gasteiger partial charge in [0.1, 0.15) is 6.10 Å². The van der Waals surface area contributed by atoms with Gasteiger partial charge in [0.05, 0.1) is 11.0 Å². The van der Waals surface area contributed by atoms with E-state index in [4.69, 9.17) is 15.2 Å². The second-order valence-corrected chi connectivity index (χ2v) is 4.58. The van der Waals surface area contributed by atoms with Crippen molar-refractivity contribution in [3.05, 3.63) is 22.2 Å². The molecule has 1 aliphatic rings. The molecule has 0 bridgehead atoms. The third-order valence-corrected chi connectivity index (χ3v) is 3.27. The molecule has 2 N–H and O–H groups in total. The standard InChI is InChI=1S/C12H17N3O4/c1-18-8-3-2-4-9(7-8)19-11-6-5-10(15(16)17)12(13)14-11/h5-6,8-9H,2-4,7H2,1H3,(H2,13,14). The van der Waals surface area contributed by atoms with Gasteiger partial charge < -0.3 is 15.2 Å². The maximum Gasteiger partial charge on any atom is 0.311 e. The van der Waals surface area contributed by atoms with E-state index in [1.54, 1.807) is 7.11 Å². The summed E-state index contributed by atoms with van der Waals surface area (Å²) in [6.45, 7) is 0. The first-order chi connectivity index (χ1) is 9.10. The van der Waals surface area contributed by atoms with Gasteiger partial charge in [-0.1, -0.05) is 0 Å². The van der Waals surface area contributed by atoms with Gasteiger partial charge in [-0.25, -0.2) is 0 Å². The van der Waals surface area contributed by atoms with E-state index in [1.807, 2.05) is 0 Å². The molecule has 7 nitrogen and oxygen atoms in total. The van der Waals surface area contributed by atoms with Crippen LogP contribution in [0, 0.1) is 10.1 Å². The quantitative estimate of drug-likeness (QED) is 0.660. The number of pyridine rings is 1. The predicted octanol–water partition coefficient (Wildman–Crippen LogP) is 1.91. The van der Waals surface area contributed by atoms with Crippen LogP contribution in [0.3, 0.4) is 0 Å². The van der Waals surface area contributed by atoms with Crippen LogP contribution in [-0.4, -0.2) is 29.2 Å².